The third kappa shape index (κ3) is 14.4. The summed E-state index contributed by atoms with van der Waals surface area (Å²) < 4.78 is 3.76. The van der Waals surface area contributed by atoms with Crippen molar-refractivity contribution in [1.82, 2.24) is 0 Å². The van der Waals surface area contributed by atoms with Crippen molar-refractivity contribution in [3.63, 3.8) is 0 Å². The van der Waals surface area contributed by atoms with Crippen molar-refractivity contribution in [2.75, 3.05) is 10.2 Å². The lowest BCUT2D eigenvalue weighted by Crippen LogP contribution is -2.13. The third-order valence-electron chi connectivity index (χ3n) is 11.3. The van der Waals surface area contributed by atoms with Gasteiger partial charge in [0.15, 0.2) is 0 Å². The van der Waals surface area contributed by atoms with Gasteiger partial charge < -0.3 is 10.2 Å². The summed E-state index contributed by atoms with van der Waals surface area (Å²) in [6.07, 6.45) is 8.48. The van der Waals surface area contributed by atoms with Crippen LogP contribution in [0.25, 0.3) is 0 Å². The predicted octanol–water partition coefficient (Wildman–Crippen LogP) is 18.9. The van der Waals surface area contributed by atoms with Gasteiger partial charge in [0.05, 0.1) is 0 Å². The fraction of sp³-hybridized carbons (Fsp3) is 0.200. The predicted molar refractivity (Wildman–Crippen MR) is 296 cm³/mol. The highest BCUT2D eigenvalue weighted by molar-refractivity contribution is 9.11. The van der Waals surface area contributed by atoms with Gasteiger partial charge in [-0.05, 0) is 169 Å². The summed E-state index contributed by atoms with van der Waals surface area (Å²) in [6.45, 7) is 0. The molecule has 0 atom stereocenters. The van der Waals surface area contributed by atoms with Gasteiger partial charge in [-0.25, -0.2) is 0 Å². The largest absolute Gasteiger partial charge is 0.356 e. The van der Waals surface area contributed by atoms with Crippen LogP contribution in [0.2, 0.25) is 0 Å². The zero-order chi connectivity index (χ0) is 41.8. The van der Waals surface area contributed by atoms with E-state index in [2.05, 4.69) is 191 Å². The number of aryl methyl sites for hydroxylation is 8. The Hall–Kier alpha value is -5.20. The molecule has 0 fully saturated rings. The van der Waals surface area contributed by atoms with Crippen LogP contribution in [0, 0.1) is 0 Å². The summed E-state index contributed by atoms with van der Waals surface area (Å²) in [5, 5.41) is 3.30. The maximum absolute atomic E-state index is 3.78. The Morgan fingerprint density at radius 1 is 0.308 bits per heavy atom. The highest BCUT2D eigenvalue weighted by atomic mass is 79.9. The van der Waals surface area contributed by atoms with Crippen LogP contribution < -0.4 is 10.2 Å². The van der Waals surface area contributed by atoms with Crippen LogP contribution in [0.3, 0.4) is 0 Å². The number of hydrogen-bond acceptors (Lipinski definition) is 2. The second-order valence-electron chi connectivity index (χ2n) is 15.6. The molecule has 8 aliphatic rings. The van der Waals surface area contributed by atoms with E-state index in [1.807, 2.05) is 60.7 Å². The van der Waals surface area contributed by atoms with E-state index in [4.69, 9.17) is 0 Å². The molecule has 8 bridgehead atoms. The highest BCUT2D eigenvalue weighted by Gasteiger charge is 2.18. The molecule has 0 amide bonds. The fourth-order valence-corrected chi connectivity index (χ4v) is 9.81. The lowest BCUT2D eigenvalue weighted by atomic mass is 9.94. The second kappa shape index (κ2) is 26.1. The van der Waals surface area contributed by atoms with Crippen LogP contribution in [0.1, 0.15) is 74.2 Å². The monoisotopic (exact) mass is 1050 g/mol. The standard InChI is InChI=1S/C28H24BrN.C16H14Br2.C12H11N.4CH4/c29-27-19-21-11-15-23(27)16-12-22-14-18-24(17-13-21)28(20-22)30(25-7-3-1-4-8-25)26-9-5-2-6-10-26;17-15-9-11-1-5-13(15)8-4-12-2-6-14(7-3-11)16(18)10-12;1-3-7-11(8-4-1)13-12-9-5-2-6-10-12;;;;/h1-11,14-15,18-20H,12-13,16-17H2;1-2,5-6,9-10H,3-4,7-8H2;1-10,13H;4*1H4. The summed E-state index contributed by atoms with van der Waals surface area (Å²) in [4.78, 5) is 2.41. The number of anilines is 5. The van der Waals surface area contributed by atoms with E-state index in [-0.39, 0.29) is 29.7 Å². The summed E-state index contributed by atoms with van der Waals surface area (Å²) in [7, 11) is 0. The topological polar surface area (TPSA) is 15.3 Å². The first-order valence-electron chi connectivity index (χ1n) is 21.2. The van der Waals surface area contributed by atoms with Crippen LogP contribution in [0.15, 0.2) is 208 Å². The molecule has 8 aliphatic carbocycles. The van der Waals surface area contributed by atoms with Gasteiger partial charge in [-0.1, -0.05) is 199 Å². The molecule has 0 radical (unpaired) electrons. The Balaban J connectivity index is 0.000000227. The van der Waals surface area contributed by atoms with Crippen molar-refractivity contribution in [3.8, 4) is 0 Å². The molecule has 336 valence electrons. The molecule has 0 saturated heterocycles. The van der Waals surface area contributed by atoms with Crippen molar-refractivity contribution in [1.29, 1.82) is 0 Å². The van der Waals surface area contributed by atoms with E-state index in [1.165, 1.54) is 75.0 Å². The molecule has 2 nitrogen and oxygen atoms in total. The minimum atomic E-state index is 0. The zero-order valence-corrected chi connectivity index (χ0v) is 39.0. The molecule has 8 aromatic carbocycles. The van der Waals surface area contributed by atoms with Gasteiger partial charge in [-0.3, -0.25) is 0 Å². The lowest BCUT2D eigenvalue weighted by Gasteiger charge is -2.28. The summed E-state index contributed by atoms with van der Waals surface area (Å²) in [5.41, 5.74) is 17.1. The normalized spacial score (nSPS) is 11.9. The summed E-state index contributed by atoms with van der Waals surface area (Å²) in [6, 6.07) is 69.3. The fourth-order valence-electron chi connectivity index (χ4n) is 7.94. The van der Waals surface area contributed by atoms with E-state index < -0.39 is 0 Å². The first-order chi connectivity index (χ1) is 29.9. The molecule has 8 aromatic rings. The van der Waals surface area contributed by atoms with Crippen molar-refractivity contribution >= 4 is 76.2 Å². The number of rotatable bonds is 5. The minimum Gasteiger partial charge on any atom is -0.356 e. The van der Waals surface area contributed by atoms with Crippen molar-refractivity contribution in [2.24, 2.45) is 0 Å². The van der Waals surface area contributed by atoms with E-state index >= 15 is 0 Å². The molecular formula is C60H65Br3N2. The number of nitrogens with one attached hydrogen (secondary N) is 1. The smallest absolute Gasteiger partial charge is 0.0496 e. The molecule has 65 heavy (non-hydrogen) atoms. The van der Waals surface area contributed by atoms with Gasteiger partial charge >= 0.3 is 0 Å². The minimum absolute atomic E-state index is 0. The Morgan fingerprint density at radius 2 is 0.600 bits per heavy atom. The maximum atomic E-state index is 3.78. The summed E-state index contributed by atoms with van der Waals surface area (Å²) in [5.74, 6) is 0. The average Bonchev–Trinajstić information content (AvgIpc) is 3.28. The van der Waals surface area contributed by atoms with E-state index in [9.17, 15) is 0 Å². The molecule has 5 heteroatoms. The van der Waals surface area contributed by atoms with Gasteiger partial charge in [-0.15, -0.1) is 0 Å². The zero-order valence-electron chi connectivity index (χ0n) is 34.2. The van der Waals surface area contributed by atoms with Gasteiger partial charge in [0.25, 0.3) is 0 Å². The number of nitrogens with zero attached hydrogens (tertiary/aromatic N) is 1. The third-order valence-corrected chi connectivity index (χ3v) is 13.6. The van der Waals surface area contributed by atoms with E-state index in [0.717, 1.165) is 62.7 Å². The van der Waals surface area contributed by atoms with Crippen LogP contribution >= 0.6 is 47.8 Å². The van der Waals surface area contributed by atoms with Crippen LogP contribution in [0.5, 0.6) is 0 Å². The molecule has 0 spiro atoms. The molecule has 0 saturated carbocycles. The molecule has 16 rings (SSSR count). The Kier molecular flexibility index (Phi) is 21.0. The molecular weight excluding hydrogens is 988 g/mol. The van der Waals surface area contributed by atoms with Crippen LogP contribution in [-0.2, 0) is 51.4 Å². The molecule has 0 aromatic heterocycles. The lowest BCUT2D eigenvalue weighted by molar-refractivity contribution is 0.912. The highest BCUT2D eigenvalue weighted by Crippen LogP contribution is 2.38. The Labute approximate surface area is 416 Å². The van der Waals surface area contributed by atoms with Gasteiger partial charge in [-0.2, -0.15) is 0 Å². The second-order valence-corrected chi connectivity index (χ2v) is 18.2. The average molecular weight is 1050 g/mol. The molecule has 0 unspecified atom stereocenters. The first-order valence-corrected chi connectivity index (χ1v) is 23.5. The number of halogens is 3. The van der Waals surface area contributed by atoms with Crippen LogP contribution in [-0.4, -0.2) is 0 Å². The summed E-state index contributed by atoms with van der Waals surface area (Å²) >= 11 is 11.2. The van der Waals surface area contributed by atoms with E-state index in [1.54, 1.807) is 0 Å². The van der Waals surface area contributed by atoms with E-state index in [0.29, 0.717) is 0 Å². The molecule has 0 heterocycles. The Morgan fingerprint density at radius 3 is 0.938 bits per heavy atom. The number of benzene rings is 8. The van der Waals surface area contributed by atoms with Crippen LogP contribution in [0.4, 0.5) is 28.4 Å². The number of para-hydroxylation sites is 4. The van der Waals surface area contributed by atoms with Crippen molar-refractivity contribution in [3.05, 3.63) is 252 Å². The maximum Gasteiger partial charge on any atom is 0.0496 e. The van der Waals surface area contributed by atoms with Crippen molar-refractivity contribution in [2.45, 2.75) is 81.1 Å². The first kappa shape index (κ1) is 52.4. The van der Waals surface area contributed by atoms with Gasteiger partial charge in [0.2, 0.25) is 0 Å². The van der Waals surface area contributed by atoms with Gasteiger partial charge in [0.1, 0.15) is 0 Å². The molecule has 1 N–H and O–H groups in total. The SMILES string of the molecule is Brc1cc2ccc1CCc1ccc(c(Br)c1)CC2.Brc1cc2ccc1CCc1ccc(c(N(c3ccccc3)c3ccccc3)c1)CC2.C.C.C.C.c1ccc(Nc2ccccc2)cc1. The Bertz CT molecular complexity index is 2520. The quantitative estimate of drug-likeness (QED) is 0.185. The molecule has 0 aliphatic heterocycles. The number of hydrogen-bond donors (Lipinski definition) is 1. The van der Waals surface area contributed by atoms with Gasteiger partial charge in [0, 0.05) is 41.9 Å². The van der Waals surface area contributed by atoms with Crippen molar-refractivity contribution < 1.29 is 0 Å².